The molecule has 0 bridgehead atoms. The number of nitrogens with zero attached hydrogens (tertiary/aromatic N) is 3. The summed E-state index contributed by atoms with van der Waals surface area (Å²) in [4.78, 5) is 4.39. The summed E-state index contributed by atoms with van der Waals surface area (Å²) in [7, 11) is 3.17. The number of hydrogen-bond acceptors (Lipinski definition) is 6. The molecule has 1 aromatic heterocycles. The molecule has 2 rings (SSSR count). The molecule has 1 heterocycles. The Labute approximate surface area is 123 Å². The van der Waals surface area contributed by atoms with Crippen molar-refractivity contribution in [1.82, 2.24) is 10.1 Å². The number of hydrogen-bond donors (Lipinski definition) is 0. The second-order valence-electron chi connectivity index (χ2n) is 4.66. The standard InChI is InChI=1S/C15H17N3O3/c1-10(5-4-6-16)15-17-14(18-21-15)11-7-12(19-2)9-13(8-11)20-3/h7-10H,4-5H2,1-3H3. The zero-order valence-electron chi connectivity index (χ0n) is 12.3. The van der Waals surface area contributed by atoms with Crippen LogP contribution in [0.3, 0.4) is 0 Å². The van der Waals surface area contributed by atoms with E-state index in [1.807, 2.05) is 19.1 Å². The van der Waals surface area contributed by atoms with Crippen LogP contribution in [0.4, 0.5) is 0 Å². The highest BCUT2D eigenvalue weighted by Crippen LogP contribution is 2.29. The highest BCUT2D eigenvalue weighted by Gasteiger charge is 2.16. The van der Waals surface area contributed by atoms with E-state index >= 15 is 0 Å². The molecule has 6 heteroatoms. The molecule has 0 fully saturated rings. The van der Waals surface area contributed by atoms with Gasteiger partial charge in [0.15, 0.2) is 0 Å². The molecular weight excluding hydrogens is 270 g/mol. The van der Waals surface area contributed by atoms with Crippen molar-refractivity contribution in [1.29, 1.82) is 5.26 Å². The molecule has 6 nitrogen and oxygen atoms in total. The van der Waals surface area contributed by atoms with Crippen LogP contribution < -0.4 is 9.47 Å². The average Bonchev–Trinajstić information content (AvgIpc) is 3.02. The molecule has 0 aliphatic carbocycles. The summed E-state index contributed by atoms with van der Waals surface area (Å²) < 4.78 is 15.7. The van der Waals surface area contributed by atoms with E-state index in [-0.39, 0.29) is 5.92 Å². The largest absolute Gasteiger partial charge is 0.497 e. The van der Waals surface area contributed by atoms with Gasteiger partial charge in [0.25, 0.3) is 0 Å². The molecule has 0 saturated heterocycles. The topological polar surface area (TPSA) is 81.2 Å². The smallest absolute Gasteiger partial charge is 0.229 e. The Morgan fingerprint density at radius 2 is 1.90 bits per heavy atom. The predicted molar refractivity (Wildman–Crippen MR) is 76.1 cm³/mol. The van der Waals surface area contributed by atoms with E-state index in [9.17, 15) is 0 Å². The van der Waals surface area contributed by atoms with Gasteiger partial charge < -0.3 is 14.0 Å². The van der Waals surface area contributed by atoms with Crippen LogP contribution in [0.1, 0.15) is 31.6 Å². The minimum absolute atomic E-state index is 0.0541. The Hall–Kier alpha value is -2.55. The summed E-state index contributed by atoms with van der Waals surface area (Å²) in [5.74, 6) is 2.38. The Morgan fingerprint density at radius 1 is 1.24 bits per heavy atom. The number of methoxy groups -OCH3 is 2. The van der Waals surface area contributed by atoms with Crippen molar-refractivity contribution in [3.8, 4) is 29.0 Å². The van der Waals surface area contributed by atoms with Crippen molar-refractivity contribution in [3.05, 3.63) is 24.1 Å². The minimum Gasteiger partial charge on any atom is -0.497 e. The van der Waals surface area contributed by atoms with Gasteiger partial charge in [0.05, 0.1) is 20.3 Å². The maximum absolute atomic E-state index is 8.62. The van der Waals surface area contributed by atoms with Crippen molar-refractivity contribution in [2.75, 3.05) is 14.2 Å². The van der Waals surface area contributed by atoms with Crippen LogP contribution in [-0.4, -0.2) is 24.4 Å². The van der Waals surface area contributed by atoms with Gasteiger partial charge in [-0.05, 0) is 18.6 Å². The third-order valence-corrected chi connectivity index (χ3v) is 3.16. The fourth-order valence-electron chi connectivity index (χ4n) is 1.89. The Bertz CT molecular complexity index is 624. The lowest BCUT2D eigenvalue weighted by atomic mass is 10.1. The first-order valence-electron chi connectivity index (χ1n) is 6.62. The monoisotopic (exact) mass is 287 g/mol. The van der Waals surface area contributed by atoms with Gasteiger partial charge in [-0.25, -0.2) is 0 Å². The summed E-state index contributed by atoms with van der Waals surface area (Å²) in [5.41, 5.74) is 0.758. The number of ether oxygens (including phenoxy) is 2. The first kappa shape index (κ1) is 14.9. The molecule has 21 heavy (non-hydrogen) atoms. The molecule has 1 unspecified atom stereocenters. The van der Waals surface area contributed by atoms with Gasteiger partial charge >= 0.3 is 0 Å². The predicted octanol–water partition coefficient (Wildman–Crippen LogP) is 3.16. The van der Waals surface area contributed by atoms with Crippen molar-refractivity contribution in [2.24, 2.45) is 0 Å². The third-order valence-electron chi connectivity index (χ3n) is 3.16. The molecule has 0 saturated carbocycles. The summed E-state index contributed by atoms with van der Waals surface area (Å²) in [6, 6.07) is 7.53. The van der Waals surface area contributed by atoms with E-state index in [1.165, 1.54) is 0 Å². The first-order chi connectivity index (χ1) is 10.2. The molecule has 2 aromatic rings. The molecule has 0 radical (unpaired) electrons. The van der Waals surface area contributed by atoms with Gasteiger partial charge in [0.2, 0.25) is 11.7 Å². The van der Waals surface area contributed by atoms with Crippen molar-refractivity contribution < 1.29 is 14.0 Å². The Morgan fingerprint density at radius 3 is 2.48 bits per heavy atom. The lowest BCUT2D eigenvalue weighted by molar-refractivity contribution is 0.355. The first-order valence-corrected chi connectivity index (χ1v) is 6.62. The van der Waals surface area contributed by atoms with Crippen LogP contribution in [0.2, 0.25) is 0 Å². The van der Waals surface area contributed by atoms with E-state index in [1.54, 1.807) is 20.3 Å². The fraction of sp³-hybridized carbons (Fsp3) is 0.400. The molecule has 0 aliphatic heterocycles. The lowest BCUT2D eigenvalue weighted by Crippen LogP contribution is -1.94. The Balaban J connectivity index is 2.27. The van der Waals surface area contributed by atoms with Crippen LogP contribution in [0.5, 0.6) is 11.5 Å². The van der Waals surface area contributed by atoms with E-state index in [4.69, 9.17) is 19.3 Å². The highest BCUT2D eigenvalue weighted by atomic mass is 16.5. The fourth-order valence-corrected chi connectivity index (χ4v) is 1.89. The van der Waals surface area contributed by atoms with Crippen LogP contribution in [-0.2, 0) is 0 Å². The number of nitriles is 1. The van der Waals surface area contributed by atoms with Crippen molar-refractivity contribution >= 4 is 0 Å². The number of rotatable bonds is 6. The minimum atomic E-state index is 0.0541. The summed E-state index contributed by atoms with van der Waals surface area (Å²) in [6.45, 7) is 1.96. The molecule has 0 amide bonds. The van der Waals surface area contributed by atoms with Gasteiger partial charge in [0.1, 0.15) is 11.5 Å². The van der Waals surface area contributed by atoms with Gasteiger partial charge in [-0.2, -0.15) is 10.2 Å². The maximum Gasteiger partial charge on any atom is 0.229 e. The SMILES string of the molecule is COc1cc(OC)cc(-c2noc(C(C)CCC#N)n2)c1. The van der Waals surface area contributed by atoms with Crippen LogP contribution in [0.15, 0.2) is 22.7 Å². The van der Waals surface area contributed by atoms with Crippen LogP contribution >= 0.6 is 0 Å². The van der Waals surface area contributed by atoms with Gasteiger partial charge in [-0.3, -0.25) is 0 Å². The zero-order valence-corrected chi connectivity index (χ0v) is 12.3. The van der Waals surface area contributed by atoms with E-state index in [0.29, 0.717) is 36.1 Å². The average molecular weight is 287 g/mol. The summed E-state index contributed by atoms with van der Waals surface area (Å²) >= 11 is 0. The molecule has 0 spiro atoms. The third kappa shape index (κ3) is 3.51. The molecule has 0 aliphatic rings. The molecule has 1 atom stereocenters. The molecular formula is C15H17N3O3. The summed E-state index contributed by atoms with van der Waals surface area (Å²) in [6.07, 6.45) is 1.16. The van der Waals surface area contributed by atoms with Gasteiger partial charge in [-0.15, -0.1) is 0 Å². The quantitative estimate of drug-likeness (QED) is 0.811. The summed E-state index contributed by atoms with van der Waals surface area (Å²) in [5, 5.41) is 12.6. The number of aromatic nitrogens is 2. The van der Waals surface area contributed by atoms with E-state index < -0.39 is 0 Å². The number of benzene rings is 1. The maximum atomic E-state index is 8.62. The van der Waals surface area contributed by atoms with Crippen LogP contribution in [0.25, 0.3) is 11.4 Å². The van der Waals surface area contributed by atoms with E-state index in [2.05, 4.69) is 16.2 Å². The molecule has 0 N–H and O–H groups in total. The van der Waals surface area contributed by atoms with Gasteiger partial charge in [0, 0.05) is 24.0 Å². The second kappa shape index (κ2) is 6.75. The Kier molecular flexibility index (Phi) is 4.77. The molecule has 1 aromatic carbocycles. The molecule has 110 valence electrons. The highest BCUT2D eigenvalue weighted by molar-refractivity contribution is 5.60. The van der Waals surface area contributed by atoms with Crippen LogP contribution in [0, 0.1) is 11.3 Å². The lowest BCUT2D eigenvalue weighted by Gasteiger charge is -2.05. The van der Waals surface area contributed by atoms with Gasteiger partial charge in [-0.1, -0.05) is 12.1 Å². The van der Waals surface area contributed by atoms with Crippen molar-refractivity contribution in [2.45, 2.75) is 25.7 Å². The normalized spacial score (nSPS) is 11.7. The van der Waals surface area contributed by atoms with E-state index in [0.717, 1.165) is 5.56 Å². The van der Waals surface area contributed by atoms with Crippen molar-refractivity contribution in [3.63, 3.8) is 0 Å². The second-order valence-corrected chi connectivity index (χ2v) is 4.66. The zero-order chi connectivity index (χ0) is 15.2.